The van der Waals surface area contributed by atoms with Gasteiger partial charge >= 0.3 is 0 Å². The maximum atomic E-state index is 11.8. The van der Waals surface area contributed by atoms with E-state index in [-0.39, 0.29) is 17.3 Å². The number of nitro benzene ring substituents is 1. The number of rotatable bonds is 7. The molecule has 2 rings (SSSR count). The SMILES string of the molecule is CCc1nnc(NC(=O)CSCc2ccc([N+](=O)[O-])cc2)s1. The molecule has 0 bridgehead atoms. The van der Waals surface area contributed by atoms with E-state index in [1.807, 2.05) is 6.92 Å². The minimum atomic E-state index is -0.434. The van der Waals surface area contributed by atoms with Crippen molar-refractivity contribution in [3.8, 4) is 0 Å². The number of hydrogen-bond acceptors (Lipinski definition) is 7. The second-order valence-electron chi connectivity index (χ2n) is 4.32. The molecule has 22 heavy (non-hydrogen) atoms. The largest absolute Gasteiger partial charge is 0.300 e. The van der Waals surface area contributed by atoms with Crippen molar-refractivity contribution in [1.29, 1.82) is 0 Å². The van der Waals surface area contributed by atoms with E-state index in [0.29, 0.717) is 10.9 Å². The van der Waals surface area contributed by atoms with Gasteiger partial charge in [-0.3, -0.25) is 20.2 Å². The molecular weight excluding hydrogens is 324 g/mol. The number of carbonyl (C=O) groups excluding carboxylic acids is 1. The van der Waals surface area contributed by atoms with Gasteiger partial charge in [-0.2, -0.15) is 0 Å². The van der Waals surface area contributed by atoms with Crippen molar-refractivity contribution in [2.45, 2.75) is 19.1 Å². The third-order valence-electron chi connectivity index (χ3n) is 2.66. The fourth-order valence-corrected chi connectivity index (χ4v) is 3.06. The van der Waals surface area contributed by atoms with Gasteiger partial charge in [0.15, 0.2) is 0 Å². The summed E-state index contributed by atoms with van der Waals surface area (Å²) in [5.41, 5.74) is 1.00. The van der Waals surface area contributed by atoms with Crippen LogP contribution in [0.25, 0.3) is 0 Å². The number of thioether (sulfide) groups is 1. The van der Waals surface area contributed by atoms with Crippen LogP contribution in [-0.4, -0.2) is 26.8 Å². The summed E-state index contributed by atoms with van der Waals surface area (Å²) in [6, 6.07) is 6.32. The first-order chi connectivity index (χ1) is 10.6. The quantitative estimate of drug-likeness (QED) is 0.616. The number of anilines is 1. The maximum Gasteiger partial charge on any atom is 0.269 e. The van der Waals surface area contributed by atoms with Crippen molar-refractivity contribution in [3.05, 3.63) is 45.0 Å². The van der Waals surface area contributed by atoms with Crippen LogP contribution >= 0.6 is 23.1 Å². The van der Waals surface area contributed by atoms with Gasteiger partial charge in [0.05, 0.1) is 10.7 Å². The average Bonchev–Trinajstić information content (AvgIpc) is 2.95. The Morgan fingerprint density at radius 2 is 2.09 bits per heavy atom. The van der Waals surface area contributed by atoms with Crippen LogP contribution in [0, 0.1) is 10.1 Å². The molecule has 1 aromatic heterocycles. The van der Waals surface area contributed by atoms with Crippen LogP contribution in [0.1, 0.15) is 17.5 Å². The topological polar surface area (TPSA) is 98.0 Å². The summed E-state index contributed by atoms with van der Waals surface area (Å²) >= 11 is 2.80. The van der Waals surface area contributed by atoms with Gasteiger partial charge in [0.2, 0.25) is 11.0 Å². The Kier molecular flexibility index (Phi) is 5.84. The Balaban J connectivity index is 1.75. The van der Waals surface area contributed by atoms with E-state index in [1.165, 1.54) is 35.2 Å². The molecule has 0 spiro atoms. The first-order valence-electron chi connectivity index (χ1n) is 6.51. The summed E-state index contributed by atoms with van der Waals surface area (Å²) in [7, 11) is 0. The molecule has 0 aliphatic carbocycles. The Labute approximate surface area is 135 Å². The average molecular weight is 338 g/mol. The van der Waals surface area contributed by atoms with E-state index in [9.17, 15) is 14.9 Å². The summed E-state index contributed by atoms with van der Waals surface area (Å²) in [5.74, 6) is 0.769. The molecule has 0 fully saturated rings. The minimum absolute atomic E-state index is 0.0643. The molecule has 1 heterocycles. The van der Waals surface area contributed by atoms with Gasteiger partial charge in [-0.1, -0.05) is 30.4 Å². The highest BCUT2D eigenvalue weighted by atomic mass is 32.2. The molecule has 9 heteroatoms. The lowest BCUT2D eigenvalue weighted by atomic mass is 10.2. The molecule has 116 valence electrons. The molecule has 0 unspecified atom stereocenters. The number of benzene rings is 1. The van der Waals surface area contributed by atoms with Crippen molar-refractivity contribution >= 4 is 39.8 Å². The second kappa shape index (κ2) is 7.85. The van der Waals surface area contributed by atoms with Crippen molar-refractivity contribution in [1.82, 2.24) is 10.2 Å². The van der Waals surface area contributed by atoms with E-state index >= 15 is 0 Å². The fraction of sp³-hybridized carbons (Fsp3) is 0.308. The summed E-state index contributed by atoms with van der Waals surface area (Å²) in [6.45, 7) is 1.98. The molecule has 2 aromatic rings. The van der Waals surface area contributed by atoms with Gasteiger partial charge in [0.25, 0.3) is 5.69 Å². The van der Waals surface area contributed by atoms with Crippen LogP contribution < -0.4 is 5.32 Å². The van der Waals surface area contributed by atoms with Crippen LogP contribution in [0.4, 0.5) is 10.8 Å². The van der Waals surface area contributed by atoms with Crippen molar-refractivity contribution in [3.63, 3.8) is 0 Å². The van der Waals surface area contributed by atoms with Gasteiger partial charge in [-0.15, -0.1) is 22.0 Å². The molecule has 0 radical (unpaired) electrons. The zero-order chi connectivity index (χ0) is 15.9. The summed E-state index contributed by atoms with van der Waals surface area (Å²) < 4.78 is 0. The zero-order valence-electron chi connectivity index (χ0n) is 11.8. The van der Waals surface area contributed by atoms with Crippen LogP contribution in [0.5, 0.6) is 0 Å². The zero-order valence-corrected chi connectivity index (χ0v) is 13.4. The Hall–Kier alpha value is -2.00. The van der Waals surface area contributed by atoms with E-state index < -0.39 is 4.92 Å². The maximum absolute atomic E-state index is 11.8. The number of carbonyl (C=O) groups is 1. The summed E-state index contributed by atoms with van der Waals surface area (Å²) in [4.78, 5) is 21.9. The van der Waals surface area contributed by atoms with Crippen LogP contribution in [0.2, 0.25) is 0 Å². The molecule has 1 aromatic carbocycles. The second-order valence-corrected chi connectivity index (χ2v) is 6.37. The van der Waals surface area contributed by atoms with Gasteiger partial charge in [0, 0.05) is 17.9 Å². The Bertz CT molecular complexity index is 658. The van der Waals surface area contributed by atoms with Crippen LogP contribution in [-0.2, 0) is 17.0 Å². The number of hydrogen-bond donors (Lipinski definition) is 1. The van der Waals surface area contributed by atoms with Crippen molar-refractivity contribution < 1.29 is 9.72 Å². The molecule has 0 saturated heterocycles. The minimum Gasteiger partial charge on any atom is -0.300 e. The summed E-state index contributed by atoms with van der Waals surface area (Å²) in [6.07, 6.45) is 0.794. The van der Waals surface area contributed by atoms with Crippen LogP contribution in [0.15, 0.2) is 24.3 Å². The molecule has 0 aliphatic rings. The lowest BCUT2D eigenvalue weighted by molar-refractivity contribution is -0.384. The first-order valence-corrected chi connectivity index (χ1v) is 8.49. The smallest absolute Gasteiger partial charge is 0.269 e. The van der Waals surface area contributed by atoms with Gasteiger partial charge < -0.3 is 0 Å². The normalized spacial score (nSPS) is 10.4. The third kappa shape index (κ3) is 4.78. The number of amides is 1. The molecule has 0 saturated carbocycles. The summed E-state index contributed by atoms with van der Waals surface area (Å²) in [5, 5.41) is 22.5. The molecule has 7 nitrogen and oxygen atoms in total. The highest BCUT2D eigenvalue weighted by molar-refractivity contribution is 7.99. The molecule has 1 N–H and O–H groups in total. The number of nitrogens with zero attached hydrogens (tertiary/aromatic N) is 3. The third-order valence-corrected chi connectivity index (χ3v) is 4.65. The molecule has 0 atom stereocenters. The highest BCUT2D eigenvalue weighted by Crippen LogP contribution is 2.18. The van der Waals surface area contributed by atoms with Gasteiger partial charge in [-0.05, 0) is 12.0 Å². The lowest BCUT2D eigenvalue weighted by Crippen LogP contribution is -2.13. The number of nitrogens with one attached hydrogen (secondary N) is 1. The van der Waals surface area contributed by atoms with Crippen LogP contribution in [0.3, 0.4) is 0 Å². The standard InChI is InChI=1S/C13H14N4O3S2/c1-2-12-15-16-13(22-12)14-11(18)8-21-7-9-3-5-10(6-4-9)17(19)20/h3-6H,2,7-8H2,1H3,(H,14,16,18). The monoisotopic (exact) mass is 338 g/mol. The number of aromatic nitrogens is 2. The molecular formula is C13H14N4O3S2. The van der Waals surface area contributed by atoms with E-state index in [4.69, 9.17) is 0 Å². The fourth-order valence-electron chi connectivity index (χ4n) is 1.58. The predicted octanol–water partition coefficient (Wildman–Crippen LogP) is 2.88. The number of non-ortho nitro benzene ring substituents is 1. The van der Waals surface area contributed by atoms with Gasteiger partial charge in [-0.25, -0.2) is 0 Å². The van der Waals surface area contributed by atoms with Crippen molar-refractivity contribution in [2.24, 2.45) is 0 Å². The first kappa shape index (κ1) is 16.4. The van der Waals surface area contributed by atoms with E-state index in [2.05, 4.69) is 15.5 Å². The van der Waals surface area contributed by atoms with E-state index in [1.54, 1.807) is 12.1 Å². The Morgan fingerprint density at radius 3 is 2.68 bits per heavy atom. The molecule has 0 aliphatic heterocycles. The van der Waals surface area contributed by atoms with E-state index in [0.717, 1.165) is 17.0 Å². The lowest BCUT2D eigenvalue weighted by Gasteiger charge is -2.02. The highest BCUT2D eigenvalue weighted by Gasteiger charge is 2.08. The van der Waals surface area contributed by atoms with Crippen molar-refractivity contribution in [2.75, 3.05) is 11.1 Å². The number of aryl methyl sites for hydroxylation is 1. The predicted molar refractivity (Wildman–Crippen MR) is 87.2 cm³/mol. The van der Waals surface area contributed by atoms with Gasteiger partial charge in [0.1, 0.15) is 5.01 Å². The Morgan fingerprint density at radius 1 is 1.36 bits per heavy atom. The number of nitro groups is 1. The molecule has 1 amide bonds.